The molecule has 7 heteroatoms. The molecule has 1 aromatic rings. The second-order valence-corrected chi connectivity index (χ2v) is 8.89. The Labute approximate surface area is 153 Å². The van der Waals surface area contributed by atoms with Gasteiger partial charge < -0.3 is 10.1 Å². The number of hydrogen-bond acceptors (Lipinski definition) is 5. The van der Waals surface area contributed by atoms with Crippen molar-refractivity contribution in [3.63, 3.8) is 0 Å². The van der Waals surface area contributed by atoms with Gasteiger partial charge in [0.25, 0.3) is 0 Å². The number of ether oxygens (including phenoxy) is 1. The van der Waals surface area contributed by atoms with Crippen molar-refractivity contribution in [2.45, 2.75) is 26.3 Å². The van der Waals surface area contributed by atoms with Crippen LogP contribution in [0.25, 0.3) is 0 Å². The number of piperidine rings is 1. The van der Waals surface area contributed by atoms with Crippen molar-refractivity contribution in [3.8, 4) is 5.88 Å². The second-order valence-electron chi connectivity index (χ2n) is 7.06. The van der Waals surface area contributed by atoms with Crippen LogP contribution in [-0.2, 0) is 4.79 Å². The summed E-state index contributed by atoms with van der Waals surface area (Å²) in [6, 6.07) is 3.86. The summed E-state index contributed by atoms with van der Waals surface area (Å²) < 4.78 is 8.12. The van der Waals surface area contributed by atoms with Gasteiger partial charge in [0.2, 0.25) is 11.8 Å². The summed E-state index contributed by atoms with van der Waals surface area (Å²) in [5.74, 6) is 2.06. The molecule has 1 aliphatic heterocycles. The number of carbonyl (C=O) groups is 1. The van der Waals surface area contributed by atoms with Crippen LogP contribution in [0, 0.1) is 24.7 Å². The SMILES string of the molecule is Cc1cccnc1OCC(C)(C)NC(=O)C1C2CN(SI)CC21. The van der Waals surface area contributed by atoms with Crippen molar-refractivity contribution in [1.29, 1.82) is 0 Å². The maximum absolute atomic E-state index is 12.5. The van der Waals surface area contributed by atoms with E-state index in [2.05, 4.69) is 35.8 Å². The Morgan fingerprint density at radius 3 is 2.83 bits per heavy atom. The van der Waals surface area contributed by atoms with Crippen molar-refractivity contribution < 1.29 is 9.53 Å². The molecule has 1 aliphatic carbocycles. The van der Waals surface area contributed by atoms with E-state index in [0.29, 0.717) is 24.3 Å². The Balaban J connectivity index is 1.49. The highest BCUT2D eigenvalue weighted by Gasteiger charge is 2.59. The smallest absolute Gasteiger partial charge is 0.224 e. The van der Waals surface area contributed by atoms with Crippen LogP contribution in [0.5, 0.6) is 5.88 Å². The summed E-state index contributed by atoms with van der Waals surface area (Å²) in [7, 11) is 1.75. The first-order chi connectivity index (χ1) is 10.9. The normalized spacial score (nSPS) is 26.7. The van der Waals surface area contributed by atoms with Gasteiger partial charge in [0.15, 0.2) is 0 Å². The first-order valence-corrected chi connectivity index (χ1v) is 11.1. The molecule has 0 spiro atoms. The molecule has 2 aliphatic rings. The first kappa shape index (κ1) is 17.3. The minimum absolute atomic E-state index is 0.171. The van der Waals surface area contributed by atoms with E-state index < -0.39 is 5.54 Å². The topological polar surface area (TPSA) is 54.5 Å². The summed E-state index contributed by atoms with van der Waals surface area (Å²) in [5.41, 5.74) is 0.595. The van der Waals surface area contributed by atoms with Crippen LogP contribution in [-0.4, -0.2) is 40.4 Å². The van der Waals surface area contributed by atoms with Gasteiger partial charge in [-0.2, -0.15) is 0 Å². The number of carbonyl (C=O) groups excluding carboxylic acids is 1. The van der Waals surface area contributed by atoms with Gasteiger partial charge in [-0.25, -0.2) is 9.29 Å². The maximum atomic E-state index is 12.5. The molecule has 2 fully saturated rings. The van der Waals surface area contributed by atoms with E-state index in [1.165, 1.54) is 0 Å². The Morgan fingerprint density at radius 1 is 1.52 bits per heavy atom. The van der Waals surface area contributed by atoms with Crippen LogP contribution in [0.4, 0.5) is 0 Å². The van der Waals surface area contributed by atoms with Gasteiger partial charge in [-0.1, -0.05) is 6.07 Å². The zero-order valence-corrected chi connectivity index (χ0v) is 16.6. The number of rotatable bonds is 6. The molecule has 2 heterocycles. The molecular formula is C16H22IN3O2S. The Kier molecular flexibility index (Phi) is 5.08. The molecule has 1 saturated heterocycles. The molecule has 23 heavy (non-hydrogen) atoms. The van der Waals surface area contributed by atoms with E-state index in [-0.39, 0.29) is 11.8 Å². The molecule has 1 aromatic heterocycles. The van der Waals surface area contributed by atoms with Gasteiger partial charge in [0.05, 0.1) is 5.54 Å². The number of pyridine rings is 1. The highest BCUT2D eigenvalue weighted by atomic mass is 127. The lowest BCUT2D eigenvalue weighted by atomic mass is 10.1. The van der Waals surface area contributed by atoms with E-state index >= 15 is 0 Å². The average molecular weight is 447 g/mol. The van der Waals surface area contributed by atoms with Crippen molar-refractivity contribution >= 4 is 36.2 Å². The van der Waals surface area contributed by atoms with Crippen LogP contribution in [0.3, 0.4) is 0 Å². The van der Waals surface area contributed by atoms with Crippen LogP contribution < -0.4 is 10.1 Å². The minimum Gasteiger partial charge on any atom is -0.475 e. The van der Waals surface area contributed by atoms with Crippen molar-refractivity contribution in [3.05, 3.63) is 23.9 Å². The zero-order chi connectivity index (χ0) is 16.6. The van der Waals surface area contributed by atoms with Crippen LogP contribution >= 0.6 is 30.3 Å². The molecule has 0 aromatic carbocycles. The second kappa shape index (κ2) is 6.76. The largest absolute Gasteiger partial charge is 0.475 e. The van der Waals surface area contributed by atoms with Crippen molar-refractivity contribution in [1.82, 2.24) is 14.6 Å². The fourth-order valence-electron chi connectivity index (χ4n) is 3.26. The summed E-state index contributed by atoms with van der Waals surface area (Å²) in [6.45, 7) is 8.42. The van der Waals surface area contributed by atoms with E-state index in [9.17, 15) is 4.79 Å². The van der Waals surface area contributed by atoms with Gasteiger partial charge in [0.1, 0.15) is 6.61 Å². The lowest BCUT2D eigenvalue weighted by Crippen LogP contribution is -2.49. The lowest BCUT2D eigenvalue weighted by Gasteiger charge is -2.27. The quantitative estimate of drug-likeness (QED) is 0.537. The summed E-state index contributed by atoms with van der Waals surface area (Å²) >= 11 is 2.31. The number of nitrogens with one attached hydrogen (secondary N) is 1. The van der Waals surface area contributed by atoms with Gasteiger partial charge in [-0.3, -0.25) is 4.79 Å². The predicted octanol–water partition coefficient (Wildman–Crippen LogP) is 2.84. The lowest BCUT2D eigenvalue weighted by molar-refractivity contribution is -0.125. The van der Waals surface area contributed by atoms with Crippen molar-refractivity contribution in [2.24, 2.45) is 17.8 Å². The molecule has 0 radical (unpaired) electrons. The molecular weight excluding hydrogens is 425 g/mol. The third-order valence-electron chi connectivity index (χ3n) is 4.55. The van der Waals surface area contributed by atoms with Crippen molar-refractivity contribution in [2.75, 3.05) is 19.7 Å². The van der Waals surface area contributed by atoms with E-state index in [1.54, 1.807) is 15.3 Å². The zero-order valence-electron chi connectivity index (χ0n) is 13.6. The standard InChI is InChI=1S/C16H22IN3O2S/c1-10-5-4-6-18-15(10)22-9-16(2,3)19-14(21)13-11-7-20(23-17)8-12(11)13/h4-6,11-13H,7-9H2,1-3H3,(H,19,21). The Morgan fingerprint density at radius 2 is 2.22 bits per heavy atom. The molecule has 2 unspecified atom stereocenters. The summed E-state index contributed by atoms with van der Waals surface area (Å²) in [4.78, 5) is 16.7. The van der Waals surface area contributed by atoms with Crippen LogP contribution in [0.2, 0.25) is 0 Å². The maximum Gasteiger partial charge on any atom is 0.224 e. The molecule has 1 amide bonds. The number of aromatic nitrogens is 1. The predicted molar refractivity (Wildman–Crippen MR) is 100 cm³/mol. The van der Waals surface area contributed by atoms with E-state index in [4.69, 9.17) is 4.74 Å². The number of nitrogens with zero attached hydrogens (tertiary/aromatic N) is 2. The fraction of sp³-hybridized carbons (Fsp3) is 0.625. The molecule has 2 atom stereocenters. The average Bonchev–Trinajstić information content (AvgIpc) is 3.01. The summed E-state index contributed by atoms with van der Waals surface area (Å²) in [5, 5.41) is 3.15. The molecule has 126 valence electrons. The number of halogens is 1. The number of hydrogen-bond donors (Lipinski definition) is 1. The molecule has 0 bridgehead atoms. The van der Waals surface area contributed by atoms with Gasteiger partial charge in [-0.05, 0) is 47.8 Å². The highest BCUT2D eigenvalue weighted by molar-refractivity contribution is 14.2. The summed E-state index contributed by atoms with van der Waals surface area (Å²) in [6.07, 6.45) is 1.72. The number of aryl methyl sites for hydroxylation is 1. The molecule has 3 rings (SSSR count). The number of fused-ring (bicyclic) bond motifs is 1. The fourth-order valence-corrected chi connectivity index (χ4v) is 4.68. The van der Waals surface area contributed by atoms with Crippen LogP contribution in [0.15, 0.2) is 18.3 Å². The first-order valence-electron chi connectivity index (χ1n) is 7.81. The van der Waals surface area contributed by atoms with E-state index in [0.717, 1.165) is 18.7 Å². The third-order valence-corrected chi connectivity index (χ3v) is 6.72. The van der Waals surface area contributed by atoms with Gasteiger partial charge in [0, 0.05) is 52.0 Å². The molecule has 5 nitrogen and oxygen atoms in total. The minimum atomic E-state index is -0.407. The highest BCUT2D eigenvalue weighted by Crippen LogP contribution is 2.53. The monoisotopic (exact) mass is 447 g/mol. The Hall–Kier alpha value is -0.540. The molecule has 1 N–H and O–H groups in total. The van der Waals surface area contributed by atoms with Gasteiger partial charge >= 0.3 is 0 Å². The Bertz CT molecular complexity index is 586. The third kappa shape index (κ3) is 3.93. The molecule has 1 saturated carbocycles. The van der Waals surface area contributed by atoms with Gasteiger partial charge in [-0.15, -0.1) is 0 Å². The van der Waals surface area contributed by atoms with E-state index in [1.807, 2.05) is 32.9 Å². The van der Waals surface area contributed by atoms with Crippen LogP contribution in [0.1, 0.15) is 19.4 Å². The number of amides is 1.